The maximum atomic E-state index is 12.4. The van der Waals surface area contributed by atoms with Crippen LogP contribution >= 0.6 is 23.3 Å². The molecule has 5 rings (SSSR count). The van der Waals surface area contributed by atoms with E-state index in [2.05, 4.69) is 19.7 Å². The molecule has 1 saturated heterocycles. The van der Waals surface area contributed by atoms with Crippen molar-refractivity contribution < 1.29 is 9.53 Å². The third-order valence-corrected chi connectivity index (χ3v) is 7.54. The maximum absolute atomic E-state index is 12.4. The van der Waals surface area contributed by atoms with Crippen molar-refractivity contribution in [2.24, 2.45) is 0 Å². The fourth-order valence-corrected chi connectivity index (χ4v) is 5.53. The Bertz CT molecular complexity index is 1340. The first-order valence-corrected chi connectivity index (χ1v) is 14.0. The van der Waals surface area contributed by atoms with E-state index in [4.69, 9.17) is 9.72 Å². The predicted octanol–water partition coefficient (Wildman–Crippen LogP) is 5.28. The van der Waals surface area contributed by atoms with Crippen LogP contribution in [0.4, 0.5) is 10.9 Å². The fourth-order valence-electron chi connectivity index (χ4n) is 4.11. The molecule has 38 heavy (non-hydrogen) atoms. The lowest BCUT2D eigenvalue weighted by Crippen LogP contribution is -2.42. The molecular weight excluding hydrogens is 518 g/mol. The van der Waals surface area contributed by atoms with Gasteiger partial charge in [-0.1, -0.05) is 36.0 Å². The monoisotopic (exact) mass is 547 g/mol. The molecule has 0 unspecified atom stereocenters. The van der Waals surface area contributed by atoms with Gasteiger partial charge in [0, 0.05) is 53.9 Å². The minimum absolute atomic E-state index is 0.170. The number of anilines is 2. The quantitative estimate of drug-likeness (QED) is 0.300. The van der Waals surface area contributed by atoms with Crippen LogP contribution in [0.1, 0.15) is 24.6 Å². The highest BCUT2D eigenvalue weighted by atomic mass is 32.2. The van der Waals surface area contributed by atoms with E-state index in [0.717, 1.165) is 41.7 Å². The van der Waals surface area contributed by atoms with E-state index >= 15 is 0 Å². The largest absolute Gasteiger partial charge is 0.453 e. The summed E-state index contributed by atoms with van der Waals surface area (Å²) in [6.45, 7) is 1.89. The fraction of sp³-hybridized carbons (Fsp3) is 0.296. The average Bonchev–Trinajstić information content (AvgIpc) is 3.40. The first-order chi connectivity index (χ1) is 18.5. The molecule has 0 spiro atoms. The maximum Gasteiger partial charge on any atom is 0.236 e. The Morgan fingerprint density at radius 1 is 1.13 bits per heavy atom. The van der Waals surface area contributed by atoms with E-state index in [1.165, 1.54) is 23.3 Å². The van der Waals surface area contributed by atoms with Gasteiger partial charge in [-0.3, -0.25) is 4.79 Å². The molecule has 196 valence electrons. The van der Waals surface area contributed by atoms with Gasteiger partial charge in [0.25, 0.3) is 0 Å². The van der Waals surface area contributed by atoms with Gasteiger partial charge in [-0.05, 0) is 51.2 Å². The first kappa shape index (κ1) is 26.1. The third-order valence-electron chi connectivity index (χ3n) is 5.99. The van der Waals surface area contributed by atoms with Crippen LogP contribution in [0.2, 0.25) is 0 Å². The summed E-state index contributed by atoms with van der Waals surface area (Å²) in [5, 5.41) is 4.84. The number of rotatable bonds is 9. The van der Waals surface area contributed by atoms with Gasteiger partial charge < -0.3 is 19.9 Å². The molecule has 1 aromatic carbocycles. The zero-order valence-electron chi connectivity index (χ0n) is 21.3. The van der Waals surface area contributed by atoms with Crippen molar-refractivity contribution in [1.82, 2.24) is 29.1 Å². The number of hydrogen-bond donors (Lipinski definition) is 1. The number of nitrogens with zero attached hydrogens (tertiary/aromatic N) is 6. The van der Waals surface area contributed by atoms with Gasteiger partial charge in [-0.25, -0.2) is 15.0 Å². The number of carbonyl (C=O) groups is 1. The van der Waals surface area contributed by atoms with Crippen LogP contribution in [0, 0.1) is 0 Å². The molecule has 1 amide bonds. The van der Waals surface area contributed by atoms with Gasteiger partial charge in [0.2, 0.25) is 11.0 Å². The molecule has 4 heterocycles. The Labute approximate surface area is 230 Å². The van der Waals surface area contributed by atoms with Crippen LogP contribution < -0.4 is 10.1 Å². The summed E-state index contributed by atoms with van der Waals surface area (Å²) in [6, 6.07) is 17.4. The number of benzene rings is 1. The highest BCUT2D eigenvalue weighted by Crippen LogP contribution is 2.36. The van der Waals surface area contributed by atoms with Crippen molar-refractivity contribution in [1.29, 1.82) is 0 Å². The normalized spacial score (nSPS) is 14.0. The predicted molar refractivity (Wildman–Crippen MR) is 149 cm³/mol. The summed E-state index contributed by atoms with van der Waals surface area (Å²) in [4.78, 5) is 30.9. The van der Waals surface area contributed by atoms with Gasteiger partial charge >= 0.3 is 0 Å². The molecule has 1 N–H and O–H groups in total. The van der Waals surface area contributed by atoms with Crippen LogP contribution in [0.5, 0.6) is 11.5 Å². The third kappa shape index (κ3) is 6.85. The lowest BCUT2D eigenvalue weighted by atomic mass is 9.96. The number of likely N-dealkylation sites (tertiary alicyclic amines) is 1. The summed E-state index contributed by atoms with van der Waals surface area (Å²) < 4.78 is 10.8. The smallest absolute Gasteiger partial charge is 0.236 e. The second kappa shape index (κ2) is 12.3. The van der Waals surface area contributed by atoms with Crippen LogP contribution in [-0.4, -0.2) is 68.8 Å². The number of hydrogen-bond acceptors (Lipinski definition) is 10. The molecule has 11 heteroatoms. The summed E-state index contributed by atoms with van der Waals surface area (Å²) in [7, 11) is 3.83. The second-order valence-corrected chi connectivity index (χ2v) is 11.0. The summed E-state index contributed by atoms with van der Waals surface area (Å²) >= 11 is 2.82. The Balaban J connectivity index is 1.29. The Morgan fingerprint density at radius 2 is 1.92 bits per heavy atom. The number of para-hydroxylation sites is 1. The molecule has 0 atom stereocenters. The zero-order valence-corrected chi connectivity index (χ0v) is 22.9. The van der Waals surface area contributed by atoms with E-state index < -0.39 is 0 Å². The van der Waals surface area contributed by atoms with Crippen molar-refractivity contribution in [2.45, 2.75) is 28.7 Å². The lowest BCUT2D eigenvalue weighted by molar-refractivity contribution is -0.132. The molecular formula is C27H29N7O2S2. The van der Waals surface area contributed by atoms with Crippen molar-refractivity contribution in [2.75, 3.05) is 39.0 Å². The minimum Gasteiger partial charge on any atom is -0.453 e. The molecule has 1 aliphatic rings. The minimum atomic E-state index is 0.170. The number of likely N-dealkylation sites (N-methyl/N-ethyl adjacent to an activating group) is 1. The second-order valence-electron chi connectivity index (χ2n) is 9.18. The number of piperidine rings is 1. The molecule has 4 aromatic rings. The highest BCUT2D eigenvalue weighted by Gasteiger charge is 2.26. The number of ether oxygens (including phenoxy) is 1. The van der Waals surface area contributed by atoms with Crippen LogP contribution in [0.15, 0.2) is 76.9 Å². The first-order valence-electron chi connectivity index (χ1n) is 12.4. The van der Waals surface area contributed by atoms with Crippen molar-refractivity contribution in [3.8, 4) is 11.5 Å². The number of amides is 1. The molecule has 0 radical (unpaired) electrons. The number of pyridine rings is 2. The van der Waals surface area contributed by atoms with Crippen molar-refractivity contribution >= 4 is 40.2 Å². The van der Waals surface area contributed by atoms with Gasteiger partial charge in [0.1, 0.15) is 16.6 Å². The van der Waals surface area contributed by atoms with Gasteiger partial charge in [0.05, 0.1) is 6.54 Å². The number of aromatic nitrogens is 4. The summed E-state index contributed by atoms with van der Waals surface area (Å²) in [5.41, 5.74) is 0. The molecule has 1 fully saturated rings. The molecule has 3 aromatic heterocycles. The molecule has 9 nitrogen and oxygen atoms in total. The summed E-state index contributed by atoms with van der Waals surface area (Å²) in [5.74, 6) is 3.07. The van der Waals surface area contributed by atoms with Gasteiger partial charge in [-0.2, -0.15) is 4.37 Å². The van der Waals surface area contributed by atoms with Gasteiger partial charge in [0.15, 0.2) is 11.6 Å². The summed E-state index contributed by atoms with van der Waals surface area (Å²) in [6.07, 6.45) is 5.28. The van der Waals surface area contributed by atoms with E-state index in [-0.39, 0.29) is 11.8 Å². The lowest BCUT2D eigenvalue weighted by Gasteiger charge is -2.31. The van der Waals surface area contributed by atoms with Crippen LogP contribution in [0.3, 0.4) is 0 Å². The Hall–Kier alpha value is -3.54. The highest BCUT2D eigenvalue weighted by molar-refractivity contribution is 7.99. The Morgan fingerprint density at radius 3 is 2.66 bits per heavy atom. The number of carbonyl (C=O) groups excluding carboxylic acids is 1. The van der Waals surface area contributed by atoms with Gasteiger partial charge in [-0.15, -0.1) is 0 Å². The SMILES string of the molecule is CN(C)CC(=O)N1CCC(c2nsc(Nc3ncc(Sc4ccccn4)cc3Oc3ccccc3)n2)CC1. The van der Waals surface area contributed by atoms with Crippen LogP contribution in [-0.2, 0) is 4.79 Å². The Kier molecular flexibility index (Phi) is 8.47. The zero-order chi connectivity index (χ0) is 26.3. The molecule has 1 aliphatic heterocycles. The number of nitrogens with one attached hydrogen (secondary N) is 1. The molecule has 0 aliphatic carbocycles. The van der Waals surface area contributed by atoms with Crippen molar-refractivity contribution in [3.63, 3.8) is 0 Å². The van der Waals surface area contributed by atoms with E-state index in [1.807, 2.05) is 78.5 Å². The van der Waals surface area contributed by atoms with Crippen LogP contribution in [0.25, 0.3) is 0 Å². The molecule has 0 saturated carbocycles. The standard InChI is InChI=1S/C27H29N7O2S2/c1-33(2)18-24(35)34-14-11-19(12-15-34)25-30-27(38-32-25)31-26-22(36-20-8-4-3-5-9-20)16-21(17-29-26)37-23-10-6-7-13-28-23/h3-10,13,16-17,19H,11-12,14-15,18H2,1-2H3,(H,29,30,31,32). The van der Waals surface area contributed by atoms with E-state index in [0.29, 0.717) is 29.0 Å². The van der Waals surface area contributed by atoms with E-state index in [9.17, 15) is 4.79 Å². The van der Waals surface area contributed by atoms with E-state index in [1.54, 1.807) is 12.4 Å². The average molecular weight is 548 g/mol. The topological polar surface area (TPSA) is 96.4 Å². The molecule has 0 bridgehead atoms. The van der Waals surface area contributed by atoms with Crippen molar-refractivity contribution in [3.05, 3.63) is 72.8 Å².